The number of aromatic nitrogens is 1. The van der Waals surface area contributed by atoms with E-state index in [9.17, 15) is 0 Å². The van der Waals surface area contributed by atoms with Crippen molar-refractivity contribution in [2.45, 2.75) is 19.3 Å². The van der Waals surface area contributed by atoms with E-state index >= 15 is 0 Å². The molecule has 2 nitrogen and oxygen atoms in total. The van der Waals surface area contributed by atoms with E-state index in [0.717, 1.165) is 22.1 Å². The van der Waals surface area contributed by atoms with Gasteiger partial charge in [-0.15, -0.1) is 11.3 Å². The lowest BCUT2D eigenvalue weighted by Crippen LogP contribution is -2.16. The van der Waals surface area contributed by atoms with Crippen molar-refractivity contribution in [2.24, 2.45) is 0 Å². The number of fused-ring (bicyclic) bond motifs is 6. The summed E-state index contributed by atoms with van der Waals surface area (Å²) in [5, 5.41) is 3.59. The quantitative estimate of drug-likeness (QED) is 0.185. The third kappa shape index (κ3) is 4.22. The van der Waals surface area contributed by atoms with E-state index < -0.39 is 0 Å². The zero-order valence-electron chi connectivity index (χ0n) is 27.3. The van der Waals surface area contributed by atoms with Crippen molar-refractivity contribution in [1.29, 1.82) is 0 Å². The fourth-order valence-electron chi connectivity index (χ4n) is 8.05. The largest absolute Gasteiger partial charge is 0.310 e. The topological polar surface area (TPSA) is 16.1 Å². The fraction of sp³-hybridized carbons (Fsp3) is 0.0652. The summed E-state index contributed by atoms with van der Waals surface area (Å²) >= 11 is 1.79. The number of hydrogen-bond acceptors (Lipinski definition) is 3. The Labute approximate surface area is 290 Å². The number of hydrogen-bond donors (Lipinski definition) is 0. The molecule has 0 bridgehead atoms. The average molecular weight is 645 g/mol. The summed E-state index contributed by atoms with van der Waals surface area (Å²) in [6, 6.07) is 57.5. The average Bonchev–Trinajstić information content (AvgIpc) is 3.79. The molecule has 0 radical (unpaired) electrons. The Balaban J connectivity index is 1.16. The third-order valence-corrected chi connectivity index (χ3v) is 11.6. The minimum Gasteiger partial charge on any atom is -0.310 e. The van der Waals surface area contributed by atoms with Crippen molar-refractivity contribution in [3.05, 3.63) is 169 Å². The Kier molecular flexibility index (Phi) is 6.12. The lowest BCUT2D eigenvalue weighted by Gasteiger charge is -2.29. The first-order valence-electron chi connectivity index (χ1n) is 16.9. The Hall–Kier alpha value is -5.77. The molecule has 2 aliphatic carbocycles. The van der Waals surface area contributed by atoms with Gasteiger partial charge in [-0.1, -0.05) is 141 Å². The maximum absolute atomic E-state index is 5.21. The summed E-state index contributed by atoms with van der Waals surface area (Å²) in [7, 11) is 0. The Bertz CT molecular complexity index is 2530. The van der Waals surface area contributed by atoms with Crippen molar-refractivity contribution >= 4 is 39.2 Å². The minimum absolute atomic E-state index is 0.0940. The molecule has 0 aliphatic heterocycles. The van der Waals surface area contributed by atoms with Gasteiger partial charge in [0.25, 0.3) is 0 Å². The monoisotopic (exact) mass is 644 g/mol. The molecular weight excluding hydrogens is 613 g/mol. The van der Waals surface area contributed by atoms with Gasteiger partial charge in [0, 0.05) is 44.3 Å². The zero-order chi connectivity index (χ0) is 32.7. The zero-order valence-corrected chi connectivity index (χ0v) is 28.1. The van der Waals surface area contributed by atoms with Crippen LogP contribution in [0.2, 0.25) is 0 Å². The predicted octanol–water partition coefficient (Wildman–Crippen LogP) is 13.1. The van der Waals surface area contributed by atoms with Crippen LogP contribution in [0.15, 0.2) is 158 Å². The van der Waals surface area contributed by atoms with Crippen LogP contribution in [0.3, 0.4) is 0 Å². The molecule has 0 saturated carbocycles. The first-order valence-corrected chi connectivity index (χ1v) is 17.7. The van der Waals surface area contributed by atoms with E-state index in [0.29, 0.717) is 0 Å². The van der Waals surface area contributed by atoms with Gasteiger partial charge in [0.05, 0.1) is 16.3 Å². The van der Waals surface area contributed by atoms with E-state index in [-0.39, 0.29) is 5.41 Å². The van der Waals surface area contributed by atoms with Gasteiger partial charge in [0.15, 0.2) is 0 Å². The summed E-state index contributed by atoms with van der Waals surface area (Å²) in [5.41, 5.74) is 16.0. The fourth-order valence-corrected chi connectivity index (χ4v) is 9.17. The Morgan fingerprint density at radius 2 is 1.14 bits per heavy atom. The van der Waals surface area contributed by atoms with Crippen molar-refractivity contribution in [2.75, 3.05) is 4.90 Å². The molecule has 10 rings (SSSR count). The van der Waals surface area contributed by atoms with E-state index in [2.05, 4.69) is 176 Å². The molecule has 3 heteroatoms. The molecule has 2 aliphatic rings. The number of thiazole rings is 1. The minimum atomic E-state index is -0.0940. The molecule has 1 aromatic heterocycles. The number of rotatable bonds is 5. The van der Waals surface area contributed by atoms with Crippen LogP contribution in [0.25, 0.3) is 65.3 Å². The first-order chi connectivity index (χ1) is 24.1. The molecule has 232 valence electrons. The standard InChI is InChI=1S/C46H32N2S/c1-46(2)39-19-10-9-16-34(39)35-25-24-33(28-40(35)46)48(32-22-20-30(21-23-32)29-12-5-3-6-13-29)41-27-26-38-42-36(41)17-11-18-37(42)43-44(38)49-45(47-43)31-14-7-4-8-15-31/h3-28H,1-2H3. The molecule has 0 amide bonds. The van der Waals surface area contributed by atoms with Crippen molar-refractivity contribution < 1.29 is 0 Å². The molecule has 0 fully saturated rings. The summed E-state index contributed by atoms with van der Waals surface area (Å²) in [6.07, 6.45) is 0. The number of benzene rings is 7. The lowest BCUT2D eigenvalue weighted by atomic mass is 9.82. The van der Waals surface area contributed by atoms with Gasteiger partial charge in [0.1, 0.15) is 5.01 Å². The SMILES string of the molecule is CC1(C)c2ccccc2-c2ccc(N(c3ccc(-c4ccccc4)cc3)c3ccc4c5c(cccc35)-c3nc(-c5ccccc5)sc3-4)cc21. The molecule has 7 aromatic carbocycles. The molecule has 0 unspecified atom stereocenters. The molecule has 0 spiro atoms. The highest BCUT2D eigenvalue weighted by molar-refractivity contribution is 7.19. The van der Waals surface area contributed by atoms with Gasteiger partial charge in [-0.3, -0.25) is 0 Å². The maximum atomic E-state index is 5.21. The second-order valence-electron chi connectivity index (χ2n) is 13.6. The summed E-state index contributed by atoms with van der Waals surface area (Å²) in [5.74, 6) is 0. The Morgan fingerprint density at radius 1 is 0.510 bits per heavy atom. The second-order valence-corrected chi connectivity index (χ2v) is 14.6. The summed E-state index contributed by atoms with van der Waals surface area (Å²) in [6.45, 7) is 4.71. The number of anilines is 3. The highest BCUT2D eigenvalue weighted by Gasteiger charge is 2.36. The van der Waals surface area contributed by atoms with Crippen molar-refractivity contribution in [3.8, 4) is 54.5 Å². The highest BCUT2D eigenvalue weighted by Crippen LogP contribution is 2.55. The van der Waals surface area contributed by atoms with Gasteiger partial charge in [0.2, 0.25) is 0 Å². The Morgan fingerprint density at radius 3 is 1.94 bits per heavy atom. The first kappa shape index (κ1) is 28.3. The van der Waals surface area contributed by atoms with Gasteiger partial charge in [-0.25, -0.2) is 4.98 Å². The molecular formula is C46H32N2S. The van der Waals surface area contributed by atoms with E-state index in [1.165, 1.54) is 71.4 Å². The second kappa shape index (κ2) is 10.6. The highest BCUT2D eigenvalue weighted by atomic mass is 32.1. The van der Waals surface area contributed by atoms with Gasteiger partial charge < -0.3 is 4.90 Å². The molecule has 8 aromatic rings. The van der Waals surface area contributed by atoms with Crippen LogP contribution < -0.4 is 4.90 Å². The van der Waals surface area contributed by atoms with Gasteiger partial charge >= 0.3 is 0 Å². The van der Waals surface area contributed by atoms with Crippen molar-refractivity contribution in [1.82, 2.24) is 4.98 Å². The van der Waals surface area contributed by atoms with Crippen LogP contribution in [-0.2, 0) is 5.41 Å². The van der Waals surface area contributed by atoms with Crippen molar-refractivity contribution in [3.63, 3.8) is 0 Å². The predicted molar refractivity (Wildman–Crippen MR) is 207 cm³/mol. The van der Waals surface area contributed by atoms with Crippen LogP contribution in [0.5, 0.6) is 0 Å². The molecule has 49 heavy (non-hydrogen) atoms. The van der Waals surface area contributed by atoms with Crippen LogP contribution in [0.1, 0.15) is 25.0 Å². The van der Waals surface area contributed by atoms with Crippen LogP contribution in [0, 0.1) is 0 Å². The lowest BCUT2D eigenvalue weighted by molar-refractivity contribution is 0.660. The molecule has 0 saturated heterocycles. The summed E-state index contributed by atoms with van der Waals surface area (Å²) in [4.78, 5) is 8.92. The van der Waals surface area contributed by atoms with Gasteiger partial charge in [-0.05, 0) is 63.7 Å². The normalized spacial score (nSPS) is 13.3. The van der Waals surface area contributed by atoms with E-state index in [4.69, 9.17) is 4.98 Å². The van der Waals surface area contributed by atoms with Gasteiger partial charge in [-0.2, -0.15) is 0 Å². The third-order valence-electron chi connectivity index (χ3n) is 10.5. The number of nitrogens with zero attached hydrogens (tertiary/aromatic N) is 2. The van der Waals surface area contributed by atoms with Crippen LogP contribution in [-0.4, -0.2) is 4.98 Å². The van der Waals surface area contributed by atoms with E-state index in [1.807, 2.05) is 0 Å². The smallest absolute Gasteiger partial charge is 0.124 e. The van der Waals surface area contributed by atoms with E-state index in [1.54, 1.807) is 11.3 Å². The molecule has 0 atom stereocenters. The molecule has 1 heterocycles. The molecule has 0 N–H and O–H groups in total. The van der Waals surface area contributed by atoms with Crippen LogP contribution in [0.4, 0.5) is 17.1 Å². The summed E-state index contributed by atoms with van der Waals surface area (Å²) < 4.78 is 0. The van der Waals surface area contributed by atoms with Crippen LogP contribution >= 0.6 is 11.3 Å². The maximum Gasteiger partial charge on any atom is 0.124 e.